The van der Waals surface area contributed by atoms with Crippen molar-refractivity contribution in [2.75, 3.05) is 106 Å². The lowest BCUT2D eigenvalue weighted by Crippen LogP contribution is -2.32. The summed E-state index contributed by atoms with van der Waals surface area (Å²) in [6.07, 6.45) is 6.09. The Morgan fingerprint density at radius 2 is 1.05 bits per heavy atom. The van der Waals surface area contributed by atoms with Gasteiger partial charge < -0.3 is 51.7 Å². The van der Waals surface area contributed by atoms with E-state index in [2.05, 4.69) is 21.3 Å². The Morgan fingerprint density at radius 1 is 0.579 bits per heavy atom. The summed E-state index contributed by atoms with van der Waals surface area (Å²) in [6.45, 7) is 10.9. The zero-order valence-electron chi connectivity index (χ0n) is 23.7. The topological polar surface area (TPSA) is 171 Å². The van der Waals surface area contributed by atoms with Gasteiger partial charge in [-0.05, 0) is 58.3 Å². The second kappa shape index (κ2) is 30.2. The van der Waals surface area contributed by atoms with Gasteiger partial charge in [0.05, 0.1) is 39.6 Å². The molecule has 0 heterocycles. The van der Waals surface area contributed by atoms with Crippen LogP contribution in [-0.4, -0.2) is 118 Å². The van der Waals surface area contributed by atoms with Gasteiger partial charge in [-0.3, -0.25) is 9.59 Å². The highest BCUT2D eigenvalue weighted by Gasteiger charge is 2.14. The van der Waals surface area contributed by atoms with Gasteiger partial charge in [-0.15, -0.1) is 0 Å². The third-order valence-electron chi connectivity index (χ3n) is 5.80. The van der Waals surface area contributed by atoms with E-state index in [0.29, 0.717) is 65.5 Å². The summed E-state index contributed by atoms with van der Waals surface area (Å²) in [5.74, 6) is -0.696. The van der Waals surface area contributed by atoms with Crippen LogP contribution in [0, 0.1) is 5.92 Å². The molecule has 0 rings (SSSR count). The van der Waals surface area contributed by atoms with Gasteiger partial charge in [0.2, 0.25) is 11.8 Å². The number of methoxy groups -OCH3 is 1. The van der Waals surface area contributed by atoms with Crippen LogP contribution in [0.4, 0.5) is 0 Å². The first kappa shape index (κ1) is 36.6. The number of amides is 2. The lowest BCUT2D eigenvalue weighted by atomic mass is 10.0. The largest absolute Gasteiger partial charge is 0.382 e. The van der Waals surface area contributed by atoms with Crippen LogP contribution < -0.4 is 32.7 Å². The first-order valence-electron chi connectivity index (χ1n) is 14.2. The number of unbranched alkanes of at least 4 members (excludes halogenated alkanes) is 2. The second-order valence-electron chi connectivity index (χ2n) is 9.14. The van der Waals surface area contributed by atoms with Crippen LogP contribution in [0.25, 0.3) is 0 Å². The highest BCUT2D eigenvalue weighted by atomic mass is 16.6. The maximum Gasteiger partial charge on any atom is 0.220 e. The van der Waals surface area contributed by atoms with E-state index in [4.69, 9.17) is 30.4 Å². The molecule has 0 aliphatic heterocycles. The third kappa shape index (κ3) is 29.2. The van der Waals surface area contributed by atoms with Gasteiger partial charge in [-0.25, -0.2) is 0 Å². The zero-order chi connectivity index (χ0) is 27.9. The molecule has 8 N–H and O–H groups in total. The number of hydrogen-bond acceptors (Lipinski definition) is 10. The van der Waals surface area contributed by atoms with Gasteiger partial charge in [0.1, 0.15) is 0 Å². The van der Waals surface area contributed by atoms with Gasteiger partial charge in [0.25, 0.3) is 0 Å². The van der Waals surface area contributed by atoms with Crippen LogP contribution >= 0.6 is 0 Å². The highest BCUT2D eigenvalue weighted by Crippen LogP contribution is 2.07. The van der Waals surface area contributed by atoms with Crippen molar-refractivity contribution in [3.05, 3.63) is 0 Å². The monoisotopic (exact) mass is 548 g/mol. The Balaban J connectivity index is 3.37. The molecule has 0 aromatic heterocycles. The molecule has 0 aliphatic carbocycles. The fourth-order valence-corrected chi connectivity index (χ4v) is 3.53. The number of carbonyl (C=O) groups is 2. The molecule has 0 spiro atoms. The Kier molecular flexibility index (Phi) is 29.1. The van der Waals surface area contributed by atoms with Gasteiger partial charge in [-0.1, -0.05) is 6.42 Å². The Bertz CT molecular complexity index is 532. The second-order valence-corrected chi connectivity index (χ2v) is 9.14. The first-order chi connectivity index (χ1) is 18.6. The number of nitrogens with two attached hydrogens (primary N) is 2. The normalized spacial score (nSPS) is 12.1. The molecular formula is C26H56N6O6. The summed E-state index contributed by atoms with van der Waals surface area (Å²) in [5.41, 5.74) is 10.7. The van der Waals surface area contributed by atoms with E-state index >= 15 is 0 Å². The Hall–Kier alpha value is -1.38. The molecule has 0 bridgehead atoms. The minimum atomic E-state index is -0.274. The molecule has 38 heavy (non-hydrogen) atoms. The third-order valence-corrected chi connectivity index (χ3v) is 5.80. The molecule has 0 fully saturated rings. The fraction of sp³-hybridized carbons (Fsp3) is 0.923. The zero-order valence-corrected chi connectivity index (χ0v) is 23.7. The quantitative estimate of drug-likeness (QED) is 0.0594. The smallest absolute Gasteiger partial charge is 0.220 e. The summed E-state index contributed by atoms with van der Waals surface area (Å²) in [6, 6.07) is 0. The maximum atomic E-state index is 11.7. The molecular weight excluding hydrogens is 492 g/mol. The summed E-state index contributed by atoms with van der Waals surface area (Å²) in [4.78, 5) is 22.3. The number of rotatable bonds is 32. The average Bonchev–Trinajstić information content (AvgIpc) is 2.89. The van der Waals surface area contributed by atoms with E-state index in [9.17, 15) is 9.59 Å². The van der Waals surface area contributed by atoms with E-state index in [-0.39, 0.29) is 17.7 Å². The number of ether oxygens (including phenoxy) is 4. The van der Waals surface area contributed by atoms with Gasteiger partial charge in [0.15, 0.2) is 0 Å². The van der Waals surface area contributed by atoms with Crippen molar-refractivity contribution in [3.63, 3.8) is 0 Å². The predicted octanol–water partition coefficient (Wildman–Crippen LogP) is -0.641. The van der Waals surface area contributed by atoms with Crippen molar-refractivity contribution in [1.82, 2.24) is 21.3 Å². The summed E-state index contributed by atoms with van der Waals surface area (Å²) in [5, 5.41) is 13.5. The van der Waals surface area contributed by atoms with Crippen LogP contribution in [0.1, 0.15) is 44.9 Å². The molecule has 0 aliphatic rings. The van der Waals surface area contributed by atoms with Crippen molar-refractivity contribution in [2.45, 2.75) is 44.9 Å². The van der Waals surface area contributed by atoms with Crippen molar-refractivity contribution >= 4 is 11.8 Å². The van der Waals surface area contributed by atoms with E-state index in [1.807, 2.05) is 0 Å². The molecule has 0 aromatic carbocycles. The van der Waals surface area contributed by atoms with Gasteiger partial charge in [-0.2, -0.15) is 0 Å². The van der Waals surface area contributed by atoms with Gasteiger partial charge >= 0.3 is 0 Å². The lowest BCUT2D eigenvalue weighted by molar-refractivity contribution is -0.122. The van der Waals surface area contributed by atoms with E-state index < -0.39 is 0 Å². The summed E-state index contributed by atoms with van der Waals surface area (Å²) in [7, 11) is 1.64. The van der Waals surface area contributed by atoms with Crippen LogP contribution in [0.2, 0.25) is 0 Å². The van der Waals surface area contributed by atoms with Crippen molar-refractivity contribution < 1.29 is 28.5 Å². The summed E-state index contributed by atoms with van der Waals surface area (Å²) < 4.78 is 21.2. The molecule has 226 valence electrons. The fourth-order valence-electron chi connectivity index (χ4n) is 3.53. The van der Waals surface area contributed by atoms with Gasteiger partial charge in [0, 0.05) is 52.2 Å². The molecule has 0 aromatic rings. The van der Waals surface area contributed by atoms with Crippen molar-refractivity contribution in [3.8, 4) is 0 Å². The Morgan fingerprint density at radius 3 is 1.55 bits per heavy atom. The molecule has 1 unspecified atom stereocenters. The van der Waals surface area contributed by atoms with Crippen LogP contribution in [0.3, 0.4) is 0 Å². The average molecular weight is 549 g/mol. The highest BCUT2D eigenvalue weighted by molar-refractivity contribution is 5.76. The lowest BCUT2D eigenvalue weighted by Gasteiger charge is -2.14. The molecule has 12 nitrogen and oxygen atoms in total. The van der Waals surface area contributed by atoms with E-state index in [1.54, 1.807) is 7.11 Å². The van der Waals surface area contributed by atoms with Crippen molar-refractivity contribution in [1.29, 1.82) is 0 Å². The standard InChI is InChI=1S/C26H56N6O6/c1-35-18-19-37-22-23-38-21-20-36-17-8-24(26(28)34)7-12-32-16-15-30-10-4-2-3-9-29-13-14-31-11-5-6-25(27)33/h24,29-32H,2-23H2,1H3,(H2,27,33)(H2,28,34). The molecule has 2 amide bonds. The molecule has 0 radical (unpaired) electrons. The maximum absolute atomic E-state index is 11.7. The van der Waals surface area contributed by atoms with Crippen LogP contribution in [-0.2, 0) is 28.5 Å². The molecule has 12 heteroatoms. The molecule has 0 saturated heterocycles. The Labute approximate surface area is 230 Å². The molecule has 0 saturated carbocycles. The SMILES string of the molecule is COCCOCCOCCOCCC(CCNCCNCCCCCNCCNCCCC(N)=O)C(N)=O. The van der Waals surface area contributed by atoms with E-state index in [1.165, 1.54) is 6.42 Å². The van der Waals surface area contributed by atoms with Crippen LogP contribution in [0.15, 0.2) is 0 Å². The number of primary amides is 2. The van der Waals surface area contributed by atoms with Crippen molar-refractivity contribution in [2.24, 2.45) is 17.4 Å². The minimum Gasteiger partial charge on any atom is -0.382 e. The van der Waals surface area contributed by atoms with Crippen LogP contribution in [0.5, 0.6) is 0 Å². The minimum absolute atomic E-state index is 0.184. The number of carbonyl (C=O) groups excluding carboxylic acids is 2. The predicted molar refractivity (Wildman–Crippen MR) is 150 cm³/mol. The number of hydrogen-bond donors (Lipinski definition) is 6. The molecule has 1 atom stereocenters. The summed E-state index contributed by atoms with van der Waals surface area (Å²) >= 11 is 0. The van der Waals surface area contributed by atoms with E-state index in [0.717, 1.165) is 71.6 Å². The first-order valence-corrected chi connectivity index (χ1v) is 14.2. The number of nitrogens with one attached hydrogen (secondary N) is 4.